The van der Waals surface area contributed by atoms with Crippen molar-refractivity contribution in [3.63, 3.8) is 0 Å². The van der Waals surface area contributed by atoms with Crippen molar-refractivity contribution in [2.75, 3.05) is 20.1 Å². The lowest BCUT2D eigenvalue weighted by Gasteiger charge is -2.22. The maximum absolute atomic E-state index is 6.02. The molecule has 0 radical (unpaired) electrons. The maximum atomic E-state index is 6.02. The van der Waals surface area contributed by atoms with Crippen LogP contribution >= 0.6 is 0 Å². The first-order valence-electron chi connectivity index (χ1n) is 5.33. The van der Waals surface area contributed by atoms with Gasteiger partial charge in [0, 0.05) is 0 Å². The van der Waals surface area contributed by atoms with Gasteiger partial charge in [-0.3, -0.25) is 0 Å². The van der Waals surface area contributed by atoms with Crippen LogP contribution in [0, 0.1) is 6.92 Å². The lowest BCUT2D eigenvalue weighted by atomic mass is 10.1. The van der Waals surface area contributed by atoms with Gasteiger partial charge in [-0.15, -0.1) is 0 Å². The number of fused-ring (bicyclic) bond motifs is 2. The van der Waals surface area contributed by atoms with Gasteiger partial charge in [-0.2, -0.15) is 4.58 Å². The highest BCUT2D eigenvalue weighted by Gasteiger charge is 2.38. The molecule has 2 aliphatic heterocycles. The highest BCUT2D eigenvalue weighted by atomic mass is 16.5. The van der Waals surface area contributed by atoms with Crippen molar-refractivity contribution in [1.29, 1.82) is 0 Å². The van der Waals surface area contributed by atoms with E-state index in [2.05, 4.69) is 47.9 Å². The molecule has 0 amide bonds. The number of para-hydroxylation sites is 1. The maximum Gasteiger partial charge on any atom is 0.363 e. The van der Waals surface area contributed by atoms with Crippen LogP contribution in [-0.2, 0) is 0 Å². The lowest BCUT2D eigenvalue weighted by molar-refractivity contribution is -0.592. The average Bonchev–Trinajstić information content (AvgIpc) is 2.59. The van der Waals surface area contributed by atoms with E-state index in [1.54, 1.807) is 0 Å². The van der Waals surface area contributed by atoms with Gasteiger partial charge in [-0.25, -0.2) is 4.90 Å². The van der Waals surface area contributed by atoms with Crippen LogP contribution in [0.1, 0.15) is 11.1 Å². The number of hydrogen-bond donors (Lipinski definition) is 0. The Morgan fingerprint density at radius 1 is 1.47 bits per heavy atom. The van der Waals surface area contributed by atoms with Gasteiger partial charge in [0.1, 0.15) is 5.75 Å². The van der Waals surface area contributed by atoms with E-state index in [1.807, 2.05) is 0 Å². The molecule has 1 aromatic rings. The van der Waals surface area contributed by atoms with Crippen LogP contribution in [0.15, 0.2) is 18.2 Å². The monoisotopic (exact) mass is 203 g/mol. The number of benzene rings is 1. The third kappa shape index (κ3) is 1.27. The summed E-state index contributed by atoms with van der Waals surface area (Å²) in [6, 6.07) is 6.28. The van der Waals surface area contributed by atoms with Crippen molar-refractivity contribution < 1.29 is 9.31 Å². The van der Waals surface area contributed by atoms with Crippen molar-refractivity contribution in [1.82, 2.24) is 4.90 Å². The molecule has 3 nitrogen and oxygen atoms in total. The van der Waals surface area contributed by atoms with Crippen LogP contribution < -0.4 is 4.74 Å². The fraction of sp³-hybridized carbons (Fsp3) is 0.417. The highest BCUT2D eigenvalue weighted by molar-refractivity contribution is 5.81. The van der Waals surface area contributed by atoms with E-state index < -0.39 is 0 Å². The summed E-state index contributed by atoms with van der Waals surface area (Å²) in [5.74, 6) is 1.03. The third-order valence-corrected chi connectivity index (χ3v) is 3.14. The molecule has 1 aromatic carbocycles. The summed E-state index contributed by atoms with van der Waals surface area (Å²) in [7, 11) is 2.10. The highest BCUT2D eigenvalue weighted by Crippen LogP contribution is 2.28. The summed E-state index contributed by atoms with van der Waals surface area (Å²) < 4.78 is 8.27. The van der Waals surface area contributed by atoms with Crippen LogP contribution in [0.4, 0.5) is 0 Å². The smallest absolute Gasteiger partial charge is 0.363 e. The molecular weight excluding hydrogens is 188 g/mol. The molecule has 0 bridgehead atoms. The predicted octanol–water partition coefficient (Wildman–Crippen LogP) is 1.05. The zero-order valence-corrected chi connectivity index (χ0v) is 9.10. The molecule has 15 heavy (non-hydrogen) atoms. The summed E-state index contributed by atoms with van der Waals surface area (Å²) in [6.45, 7) is 4.21. The number of likely N-dealkylation sites (N-methyl/N-ethyl adjacent to an activating group) is 1. The number of aryl methyl sites for hydroxylation is 1. The van der Waals surface area contributed by atoms with Crippen molar-refractivity contribution in [3.05, 3.63) is 29.3 Å². The second-order valence-electron chi connectivity index (χ2n) is 4.28. The van der Waals surface area contributed by atoms with E-state index in [4.69, 9.17) is 4.74 Å². The topological polar surface area (TPSA) is 15.5 Å². The second-order valence-corrected chi connectivity index (χ2v) is 4.28. The minimum atomic E-state index is 0.0959. The first kappa shape index (κ1) is 8.92. The molecular formula is C12H15N2O+. The average molecular weight is 203 g/mol. The molecule has 1 atom stereocenters. The Morgan fingerprint density at radius 3 is 3.20 bits per heavy atom. The lowest BCUT2D eigenvalue weighted by Crippen LogP contribution is -2.39. The quantitative estimate of drug-likeness (QED) is 0.586. The summed E-state index contributed by atoms with van der Waals surface area (Å²) in [6.07, 6.45) is 2.30. The van der Waals surface area contributed by atoms with Crippen molar-refractivity contribution in [2.45, 2.75) is 13.3 Å². The second kappa shape index (κ2) is 3.07. The van der Waals surface area contributed by atoms with Crippen molar-refractivity contribution >= 4 is 6.21 Å². The first-order valence-corrected chi connectivity index (χ1v) is 5.33. The summed E-state index contributed by atoms with van der Waals surface area (Å²) in [5, 5.41) is 0. The number of nitrogens with zero attached hydrogens (tertiary/aromatic N) is 2. The standard InChI is InChI=1S/C12H15N2O/c1-9-4-3-5-10-8-14-7-6-13(2)12(14)15-11(9)10/h3-5,8,12H,6-7H2,1-2H3/q+1. The molecule has 1 unspecified atom stereocenters. The Morgan fingerprint density at radius 2 is 2.33 bits per heavy atom. The van der Waals surface area contributed by atoms with Crippen molar-refractivity contribution in [2.24, 2.45) is 0 Å². The van der Waals surface area contributed by atoms with Gasteiger partial charge >= 0.3 is 6.35 Å². The Bertz CT molecular complexity index is 439. The molecule has 3 rings (SSSR count). The van der Waals surface area contributed by atoms with Crippen LogP contribution in [0.25, 0.3) is 0 Å². The van der Waals surface area contributed by atoms with Gasteiger partial charge in [0.05, 0.1) is 12.1 Å². The van der Waals surface area contributed by atoms with Crippen molar-refractivity contribution in [3.8, 4) is 5.75 Å². The molecule has 0 N–H and O–H groups in total. The Labute approximate surface area is 89.6 Å². The van der Waals surface area contributed by atoms with Gasteiger partial charge in [-0.1, -0.05) is 12.1 Å². The minimum Gasteiger partial charge on any atom is -0.420 e. The largest absolute Gasteiger partial charge is 0.420 e. The molecule has 0 spiro atoms. The van der Waals surface area contributed by atoms with Gasteiger partial charge in [0.15, 0.2) is 12.8 Å². The van der Waals surface area contributed by atoms with E-state index >= 15 is 0 Å². The third-order valence-electron chi connectivity index (χ3n) is 3.14. The van der Waals surface area contributed by atoms with E-state index in [1.165, 1.54) is 11.1 Å². The Hall–Kier alpha value is -1.35. The van der Waals surface area contributed by atoms with Gasteiger partial charge in [0.2, 0.25) is 0 Å². The predicted molar refractivity (Wildman–Crippen MR) is 58.5 cm³/mol. The van der Waals surface area contributed by atoms with E-state index in [-0.39, 0.29) is 6.35 Å². The Balaban J connectivity index is 2.10. The van der Waals surface area contributed by atoms with Crippen LogP contribution in [0.5, 0.6) is 5.75 Å². The van der Waals surface area contributed by atoms with E-state index in [9.17, 15) is 0 Å². The number of rotatable bonds is 0. The SMILES string of the molecule is Cc1cccc2c1OC1N(C)CC[N+]1=C2. The molecule has 2 heterocycles. The Kier molecular flexibility index (Phi) is 1.83. The normalized spacial score (nSPS) is 24.1. The van der Waals surface area contributed by atoms with Gasteiger partial charge in [-0.05, 0) is 25.6 Å². The fourth-order valence-corrected chi connectivity index (χ4v) is 2.26. The zero-order valence-electron chi connectivity index (χ0n) is 9.10. The van der Waals surface area contributed by atoms with E-state index in [0.717, 1.165) is 18.8 Å². The summed E-state index contributed by atoms with van der Waals surface area (Å²) >= 11 is 0. The first-order chi connectivity index (χ1) is 7.25. The van der Waals surface area contributed by atoms with Gasteiger partial charge in [0.25, 0.3) is 0 Å². The zero-order chi connectivity index (χ0) is 10.4. The molecule has 2 aliphatic rings. The molecule has 0 aromatic heterocycles. The molecule has 3 heteroatoms. The summed E-state index contributed by atoms with van der Waals surface area (Å²) in [4.78, 5) is 2.23. The van der Waals surface area contributed by atoms with Gasteiger partial charge < -0.3 is 4.74 Å². The molecule has 0 saturated carbocycles. The number of hydrogen-bond acceptors (Lipinski definition) is 2. The molecule has 1 fully saturated rings. The molecule has 78 valence electrons. The molecule has 1 saturated heterocycles. The minimum absolute atomic E-state index is 0.0959. The molecule has 0 aliphatic carbocycles. The van der Waals surface area contributed by atoms with Crippen LogP contribution in [0.2, 0.25) is 0 Å². The summed E-state index contributed by atoms with van der Waals surface area (Å²) in [5.41, 5.74) is 2.41. The van der Waals surface area contributed by atoms with Crippen LogP contribution in [-0.4, -0.2) is 42.2 Å². The van der Waals surface area contributed by atoms with E-state index in [0.29, 0.717) is 0 Å². The number of ether oxygens (including phenoxy) is 1. The van der Waals surface area contributed by atoms with Crippen LogP contribution in [0.3, 0.4) is 0 Å². The fourth-order valence-electron chi connectivity index (χ4n) is 2.26.